The van der Waals surface area contributed by atoms with Crippen LogP contribution in [-0.4, -0.2) is 26.8 Å². The van der Waals surface area contributed by atoms with Gasteiger partial charge in [-0.25, -0.2) is 4.68 Å². The van der Waals surface area contributed by atoms with Crippen LogP contribution in [0.3, 0.4) is 0 Å². The number of furan rings is 1. The van der Waals surface area contributed by atoms with E-state index in [2.05, 4.69) is 15.4 Å². The summed E-state index contributed by atoms with van der Waals surface area (Å²) in [6, 6.07) is 15.4. The molecule has 0 saturated carbocycles. The first-order valence-electron chi connectivity index (χ1n) is 9.84. The Morgan fingerprint density at radius 2 is 1.93 bits per heavy atom. The molecule has 154 valence electrons. The van der Waals surface area contributed by atoms with E-state index in [0.29, 0.717) is 23.8 Å². The highest BCUT2D eigenvalue weighted by Crippen LogP contribution is 2.27. The van der Waals surface area contributed by atoms with Crippen molar-refractivity contribution in [2.24, 2.45) is 0 Å². The molecule has 0 bridgehead atoms. The summed E-state index contributed by atoms with van der Waals surface area (Å²) < 4.78 is 13.1. The van der Waals surface area contributed by atoms with Gasteiger partial charge < -0.3 is 14.5 Å². The van der Waals surface area contributed by atoms with Crippen molar-refractivity contribution in [1.82, 2.24) is 20.1 Å². The number of carbonyl (C=O) groups excluding carboxylic acids is 1. The number of para-hydroxylation sites is 1. The van der Waals surface area contributed by atoms with Crippen molar-refractivity contribution in [3.63, 3.8) is 0 Å². The summed E-state index contributed by atoms with van der Waals surface area (Å²) in [7, 11) is 0. The molecule has 0 spiro atoms. The van der Waals surface area contributed by atoms with Crippen LogP contribution in [0.25, 0.3) is 16.7 Å². The van der Waals surface area contributed by atoms with Crippen LogP contribution in [0.15, 0.2) is 52.9 Å². The summed E-state index contributed by atoms with van der Waals surface area (Å²) in [5.41, 5.74) is 3.50. The van der Waals surface area contributed by atoms with Gasteiger partial charge in [-0.1, -0.05) is 18.2 Å². The van der Waals surface area contributed by atoms with Gasteiger partial charge in [-0.3, -0.25) is 4.79 Å². The second-order valence-corrected chi connectivity index (χ2v) is 7.30. The first-order chi connectivity index (χ1) is 14.4. The molecule has 4 rings (SSSR count). The molecule has 0 aliphatic rings. The van der Waals surface area contributed by atoms with Gasteiger partial charge >= 0.3 is 0 Å². The Labute approximate surface area is 174 Å². The Morgan fingerprint density at radius 3 is 2.63 bits per heavy atom. The molecular formula is C23H24N4O3. The smallest absolute Gasteiger partial charge is 0.261 e. The van der Waals surface area contributed by atoms with Gasteiger partial charge in [0.15, 0.2) is 11.8 Å². The van der Waals surface area contributed by atoms with E-state index in [-0.39, 0.29) is 5.91 Å². The van der Waals surface area contributed by atoms with Crippen LogP contribution in [0.4, 0.5) is 0 Å². The number of benzene rings is 1. The van der Waals surface area contributed by atoms with E-state index in [0.717, 1.165) is 28.1 Å². The SMILES string of the molecule is Cc1ccc(CNC(=O)C(C)Oc2cc(C)c3c(C)nn(-c4ccccc4)c3n2)o1. The molecule has 0 aliphatic carbocycles. The largest absolute Gasteiger partial charge is 0.465 e. The number of aryl methyl sites for hydroxylation is 3. The molecule has 1 N–H and O–H groups in total. The normalized spacial score (nSPS) is 12.1. The van der Waals surface area contributed by atoms with Crippen LogP contribution in [0, 0.1) is 20.8 Å². The number of ether oxygens (including phenoxy) is 1. The average Bonchev–Trinajstić information content (AvgIpc) is 3.29. The van der Waals surface area contributed by atoms with E-state index in [9.17, 15) is 4.79 Å². The minimum atomic E-state index is -0.709. The summed E-state index contributed by atoms with van der Waals surface area (Å²) in [5.74, 6) is 1.65. The van der Waals surface area contributed by atoms with Crippen molar-refractivity contribution in [3.8, 4) is 11.6 Å². The molecule has 1 unspecified atom stereocenters. The van der Waals surface area contributed by atoms with Crippen molar-refractivity contribution in [3.05, 3.63) is 71.3 Å². The van der Waals surface area contributed by atoms with Crippen molar-refractivity contribution >= 4 is 16.9 Å². The van der Waals surface area contributed by atoms with Gasteiger partial charge in [0, 0.05) is 11.5 Å². The summed E-state index contributed by atoms with van der Waals surface area (Å²) in [4.78, 5) is 17.1. The molecular weight excluding hydrogens is 380 g/mol. The molecule has 7 heteroatoms. The zero-order valence-corrected chi connectivity index (χ0v) is 17.5. The van der Waals surface area contributed by atoms with Gasteiger partial charge in [-0.05, 0) is 57.5 Å². The molecule has 1 atom stereocenters. The average molecular weight is 404 g/mol. The Hall–Kier alpha value is -3.61. The van der Waals surface area contributed by atoms with Gasteiger partial charge in [0.05, 0.1) is 17.9 Å². The van der Waals surface area contributed by atoms with E-state index in [4.69, 9.17) is 9.15 Å². The predicted octanol–water partition coefficient (Wildman–Crippen LogP) is 4.02. The lowest BCUT2D eigenvalue weighted by atomic mass is 10.1. The van der Waals surface area contributed by atoms with Gasteiger partial charge in [0.25, 0.3) is 5.91 Å². The van der Waals surface area contributed by atoms with E-state index in [1.165, 1.54) is 0 Å². The van der Waals surface area contributed by atoms with Crippen LogP contribution in [0.1, 0.15) is 29.7 Å². The van der Waals surface area contributed by atoms with Gasteiger partial charge in [-0.2, -0.15) is 10.1 Å². The molecule has 0 fully saturated rings. The Balaban J connectivity index is 1.56. The third kappa shape index (κ3) is 3.91. The molecule has 7 nitrogen and oxygen atoms in total. The third-order valence-electron chi connectivity index (χ3n) is 4.89. The van der Waals surface area contributed by atoms with Gasteiger partial charge in [0.2, 0.25) is 5.88 Å². The molecule has 3 heterocycles. The maximum Gasteiger partial charge on any atom is 0.261 e. The molecule has 4 aromatic rings. The topological polar surface area (TPSA) is 82.2 Å². The lowest BCUT2D eigenvalue weighted by Crippen LogP contribution is -2.36. The van der Waals surface area contributed by atoms with Crippen molar-refractivity contribution in [1.29, 1.82) is 0 Å². The number of pyridine rings is 1. The fourth-order valence-electron chi connectivity index (χ4n) is 3.42. The molecule has 0 aliphatic heterocycles. The van der Waals surface area contributed by atoms with E-state index < -0.39 is 6.10 Å². The van der Waals surface area contributed by atoms with Crippen molar-refractivity contribution in [2.45, 2.75) is 40.3 Å². The molecule has 1 amide bonds. The first kappa shape index (κ1) is 19.7. The lowest BCUT2D eigenvalue weighted by Gasteiger charge is -2.14. The minimum absolute atomic E-state index is 0.239. The number of hydrogen-bond acceptors (Lipinski definition) is 5. The van der Waals surface area contributed by atoms with Crippen LogP contribution in [-0.2, 0) is 11.3 Å². The number of hydrogen-bond donors (Lipinski definition) is 1. The fourth-order valence-corrected chi connectivity index (χ4v) is 3.42. The number of carbonyl (C=O) groups is 1. The van der Waals surface area contributed by atoms with Crippen molar-refractivity contribution < 1.29 is 13.9 Å². The van der Waals surface area contributed by atoms with Crippen LogP contribution in [0.5, 0.6) is 5.88 Å². The van der Waals surface area contributed by atoms with Crippen LogP contribution < -0.4 is 10.1 Å². The molecule has 1 aromatic carbocycles. The molecule has 0 radical (unpaired) electrons. The lowest BCUT2D eigenvalue weighted by molar-refractivity contribution is -0.127. The fraction of sp³-hybridized carbons (Fsp3) is 0.261. The number of nitrogens with zero attached hydrogens (tertiary/aromatic N) is 3. The van der Waals surface area contributed by atoms with E-state index in [1.807, 2.05) is 69.3 Å². The zero-order chi connectivity index (χ0) is 21.3. The maximum absolute atomic E-state index is 12.4. The third-order valence-corrected chi connectivity index (χ3v) is 4.89. The molecule has 0 saturated heterocycles. The summed E-state index contributed by atoms with van der Waals surface area (Å²) in [6.07, 6.45) is -0.709. The zero-order valence-electron chi connectivity index (χ0n) is 17.5. The minimum Gasteiger partial charge on any atom is -0.465 e. The number of rotatable bonds is 6. The highest BCUT2D eigenvalue weighted by atomic mass is 16.5. The molecule has 30 heavy (non-hydrogen) atoms. The Bertz CT molecular complexity index is 1190. The molecule has 3 aromatic heterocycles. The summed E-state index contributed by atoms with van der Waals surface area (Å²) in [6.45, 7) is 7.83. The first-order valence-corrected chi connectivity index (χ1v) is 9.84. The standard InChI is InChI=1S/C23H24N4O3/c1-14-12-20(30-17(4)23(28)24-13-19-11-10-15(2)29-19)25-22-21(14)16(3)26-27(22)18-8-6-5-7-9-18/h5-12,17H,13H2,1-4H3,(H,24,28). The highest BCUT2D eigenvalue weighted by molar-refractivity contribution is 5.84. The van der Waals surface area contributed by atoms with Crippen LogP contribution >= 0.6 is 0 Å². The number of nitrogens with one attached hydrogen (secondary N) is 1. The van der Waals surface area contributed by atoms with Gasteiger partial charge in [-0.15, -0.1) is 0 Å². The number of aromatic nitrogens is 3. The second kappa shape index (κ2) is 8.02. The van der Waals surface area contributed by atoms with E-state index in [1.54, 1.807) is 11.6 Å². The Kier molecular flexibility index (Phi) is 5.27. The predicted molar refractivity (Wildman–Crippen MR) is 114 cm³/mol. The summed E-state index contributed by atoms with van der Waals surface area (Å²) >= 11 is 0. The Morgan fingerprint density at radius 1 is 1.17 bits per heavy atom. The number of fused-ring (bicyclic) bond motifs is 1. The maximum atomic E-state index is 12.4. The monoisotopic (exact) mass is 404 g/mol. The van der Waals surface area contributed by atoms with E-state index >= 15 is 0 Å². The van der Waals surface area contributed by atoms with Crippen LogP contribution in [0.2, 0.25) is 0 Å². The van der Waals surface area contributed by atoms with Crippen molar-refractivity contribution in [2.75, 3.05) is 0 Å². The quantitative estimate of drug-likeness (QED) is 0.525. The number of amides is 1. The highest BCUT2D eigenvalue weighted by Gasteiger charge is 2.19. The van der Waals surface area contributed by atoms with Gasteiger partial charge in [0.1, 0.15) is 11.5 Å². The second-order valence-electron chi connectivity index (χ2n) is 7.30. The summed E-state index contributed by atoms with van der Waals surface area (Å²) in [5, 5.41) is 8.46.